The molecule has 0 aliphatic carbocycles. The highest BCUT2D eigenvalue weighted by molar-refractivity contribution is 7.89. The van der Waals surface area contributed by atoms with Crippen LogP contribution in [0.1, 0.15) is 20.3 Å². The van der Waals surface area contributed by atoms with Gasteiger partial charge in [-0.05, 0) is 18.4 Å². The first-order valence-electron chi connectivity index (χ1n) is 6.31. The molecule has 8 heteroatoms. The van der Waals surface area contributed by atoms with E-state index in [4.69, 9.17) is 22.1 Å². The second kappa shape index (κ2) is 7.78. The fourth-order valence-electron chi connectivity index (χ4n) is 1.36. The Labute approximate surface area is 124 Å². The number of anilines is 1. The molecule has 1 heterocycles. The third kappa shape index (κ3) is 5.62. The Bertz CT molecular complexity index is 535. The summed E-state index contributed by atoms with van der Waals surface area (Å²) in [6.45, 7) is 5.59. The Morgan fingerprint density at radius 3 is 2.80 bits per heavy atom. The molecule has 0 unspecified atom stereocenters. The molecular weight excluding hydrogens is 302 g/mol. The predicted octanol–water partition coefficient (Wildman–Crippen LogP) is 1.66. The van der Waals surface area contributed by atoms with E-state index in [1.165, 1.54) is 12.3 Å². The molecule has 0 atom stereocenters. The lowest BCUT2D eigenvalue weighted by Crippen LogP contribution is -2.26. The lowest BCUT2D eigenvalue weighted by atomic mass is 10.2. The number of nitrogens with zero attached hydrogens (tertiary/aromatic N) is 1. The Balaban J connectivity index is 2.43. The van der Waals surface area contributed by atoms with Crippen molar-refractivity contribution in [3.63, 3.8) is 0 Å². The van der Waals surface area contributed by atoms with Crippen LogP contribution in [0.4, 0.5) is 5.82 Å². The van der Waals surface area contributed by atoms with Gasteiger partial charge < -0.3 is 10.5 Å². The topological polar surface area (TPSA) is 94.3 Å². The van der Waals surface area contributed by atoms with Crippen molar-refractivity contribution in [1.29, 1.82) is 0 Å². The molecule has 1 aromatic heterocycles. The van der Waals surface area contributed by atoms with E-state index < -0.39 is 10.0 Å². The largest absolute Gasteiger partial charge is 0.382 e. The van der Waals surface area contributed by atoms with Gasteiger partial charge in [-0.1, -0.05) is 25.4 Å². The SMILES string of the molecule is CC(C)COCCCNS(=O)(=O)c1cnc(N)c(Cl)c1. The zero-order valence-corrected chi connectivity index (χ0v) is 13.2. The van der Waals surface area contributed by atoms with Crippen LogP contribution < -0.4 is 10.5 Å². The zero-order valence-electron chi connectivity index (χ0n) is 11.6. The van der Waals surface area contributed by atoms with E-state index in [2.05, 4.69) is 23.6 Å². The van der Waals surface area contributed by atoms with Crippen molar-refractivity contribution in [3.8, 4) is 0 Å². The lowest BCUT2D eigenvalue weighted by molar-refractivity contribution is 0.108. The van der Waals surface area contributed by atoms with Gasteiger partial charge >= 0.3 is 0 Å². The van der Waals surface area contributed by atoms with Crippen LogP contribution in [0.3, 0.4) is 0 Å². The second-order valence-electron chi connectivity index (χ2n) is 4.76. The summed E-state index contributed by atoms with van der Waals surface area (Å²) in [6, 6.07) is 1.28. The Kier molecular flexibility index (Phi) is 6.67. The number of ether oxygens (including phenoxy) is 1. The molecular formula is C12H20ClN3O3S. The van der Waals surface area contributed by atoms with Gasteiger partial charge in [-0.3, -0.25) is 0 Å². The molecule has 0 saturated heterocycles. The van der Waals surface area contributed by atoms with Crippen LogP contribution in [0.5, 0.6) is 0 Å². The van der Waals surface area contributed by atoms with Gasteiger partial charge in [0.05, 0.1) is 5.02 Å². The molecule has 0 spiro atoms. The van der Waals surface area contributed by atoms with Crippen LogP contribution >= 0.6 is 11.6 Å². The maximum absolute atomic E-state index is 11.9. The second-order valence-corrected chi connectivity index (χ2v) is 6.93. The highest BCUT2D eigenvalue weighted by Crippen LogP contribution is 2.19. The molecule has 3 N–H and O–H groups in total. The fraction of sp³-hybridized carbons (Fsp3) is 0.583. The average Bonchev–Trinajstić information content (AvgIpc) is 2.36. The number of rotatable bonds is 8. The van der Waals surface area contributed by atoms with E-state index in [-0.39, 0.29) is 15.7 Å². The van der Waals surface area contributed by atoms with Crippen molar-refractivity contribution < 1.29 is 13.2 Å². The first-order chi connectivity index (χ1) is 9.33. The van der Waals surface area contributed by atoms with Crippen molar-refractivity contribution >= 4 is 27.4 Å². The minimum atomic E-state index is -3.61. The number of nitrogen functional groups attached to an aromatic ring is 1. The van der Waals surface area contributed by atoms with Crippen molar-refractivity contribution in [2.24, 2.45) is 5.92 Å². The smallest absolute Gasteiger partial charge is 0.242 e. The average molecular weight is 322 g/mol. The molecule has 114 valence electrons. The summed E-state index contributed by atoms with van der Waals surface area (Å²) in [5.41, 5.74) is 5.44. The Morgan fingerprint density at radius 1 is 1.50 bits per heavy atom. The number of hydrogen-bond donors (Lipinski definition) is 2. The van der Waals surface area contributed by atoms with Gasteiger partial charge in [0.25, 0.3) is 0 Å². The number of pyridine rings is 1. The molecule has 6 nitrogen and oxygen atoms in total. The summed E-state index contributed by atoms with van der Waals surface area (Å²) in [6.07, 6.45) is 1.78. The van der Waals surface area contributed by atoms with E-state index in [1.807, 2.05) is 0 Å². The van der Waals surface area contributed by atoms with Crippen molar-refractivity contribution in [1.82, 2.24) is 9.71 Å². The van der Waals surface area contributed by atoms with Gasteiger partial charge in [-0.15, -0.1) is 0 Å². The van der Waals surface area contributed by atoms with Crippen LogP contribution in [-0.4, -0.2) is 33.2 Å². The number of nitrogens with two attached hydrogens (primary N) is 1. The van der Waals surface area contributed by atoms with Gasteiger partial charge in [-0.25, -0.2) is 18.1 Å². The molecule has 0 aromatic carbocycles. The minimum Gasteiger partial charge on any atom is -0.382 e. The van der Waals surface area contributed by atoms with Crippen LogP contribution in [0.2, 0.25) is 5.02 Å². The third-order valence-corrected chi connectivity index (χ3v) is 4.09. The van der Waals surface area contributed by atoms with Crippen LogP contribution in [0.15, 0.2) is 17.2 Å². The first-order valence-corrected chi connectivity index (χ1v) is 8.17. The molecule has 0 bridgehead atoms. The number of halogens is 1. The molecule has 0 amide bonds. The predicted molar refractivity (Wildman–Crippen MR) is 79.1 cm³/mol. The number of sulfonamides is 1. The van der Waals surface area contributed by atoms with Crippen molar-refractivity contribution in [2.75, 3.05) is 25.5 Å². The van der Waals surface area contributed by atoms with E-state index in [0.29, 0.717) is 32.1 Å². The van der Waals surface area contributed by atoms with Crippen LogP contribution in [0.25, 0.3) is 0 Å². The number of aromatic nitrogens is 1. The van der Waals surface area contributed by atoms with Gasteiger partial charge in [0.1, 0.15) is 10.7 Å². The highest BCUT2D eigenvalue weighted by Gasteiger charge is 2.15. The lowest BCUT2D eigenvalue weighted by Gasteiger charge is -2.09. The minimum absolute atomic E-state index is 0.000186. The summed E-state index contributed by atoms with van der Waals surface area (Å²) in [5, 5.41) is 0.119. The van der Waals surface area contributed by atoms with E-state index in [0.717, 1.165) is 0 Å². The fourth-order valence-corrected chi connectivity index (χ4v) is 2.64. The first kappa shape index (κ1) is 17.2. The Hall–Kier alpha value is -0.890. The van der Waals surface area contributed by atoms with E-state index >= 15 is 0 Å². The zero-order chi connectivity index (χ0) is 15.2. The molecule has 0 fully saturated rings. The quantitative estimate of drug-likeness (QED) is 0.710. The number of nitrogens with one attached hydrogen (secondary N) is 1. The molecule has 20 heavy (non-hydrogen) atoms. The van der Waals surface area contributed by atoms with Gasteiger partial charge in [-0.2, -0.15) is 0 Å². The van der Waals surface area contributed by atoms with E-state index in [1.54, 1.807) is 0 Å². The normalized spacial score (nSPS) is 12.0. The maximum atomic E-state index is 11.9. The molecule has 0 radical (unpaired) electrons. The molecule has 0 saturated carbocycles. The highest BCUT2D eigenvalue weighted by atomic mass is 35.5. The molecule has 1 rings (SSSR count). The maximum Gasteiger partial charge on any atom is 0.242 e. The van der Waals surface area contributed by atoms with Crippen molar-refractivity contribution in [2.45, 2.75) is 25.2 Å². The molecule has 0 aliphatic rings. The summed E-state index contributed by atoms with van der Waals surface area (Å²) < 4.78 is 31.7. The number of hydrogen-bond acceptors (Lipinski definition) is 5. The van der Waals surface area contributed by atoms with E-state index in [9.17, 15) is 8.42 Å². The Morgan fingerprint density at radius 2 is 2.20 bits per heavy atom. The van der Waals surface area contributed by atoms with Crippen LogP contribution in [-0.2, 0) is 14.8 Å². The summed E-state index contributed by atoms with van der Waals surface area (Å²) in [7, 11) is -3.61. The van der Waals surface area contributed by atoms with Crippen molar-refractivity contribution in [3.05, 3.63) is 17.3 Å². The summed E-state index contributed by atoms with van der Waals surface area (Å²) >= 11 is 5.75. The molecule has 0 aliphatic heterocycles. The molecule has 1 aromatic rings. The summed E-state index contributed by atoms with van der Waals surface area (Å²) in [4.78, 5) is 3.72. The van der Waals surface area contributed by atoms with Gasteiger partial charge in [0, 0.05) is 26.0 Å². The van der Waals surface area contributed by atoms with Gasteiger partial charge in [0.2, 0.25) is 10.0 Å². The van der Waals surface area contributed by atoms with Gasteiger partial charge in [0.15, 0.2) is 0 Å². The summed E-state index contributed by atoms with van der Waals surface area (Å²) in [5.74, 6) is 0.572. The third-order valence-electron chi connectivity index (χ3n) is 2.36. The van der Waals surface area contributed by atoms with Crippen LogP contribution in [0, 0.1) is 5.92 Å². The monoisotopic (exact) mass is 321 g/mol. The standard InChI is InChI=1S/C12H20ClN3O3S/c1-9(2)8-19-5-3-4-16-20(17,18)10-6-11(13)12(14)15-7-10/h6-7,9,16H,3-5,8H2,1-2H3,(H2,14,15).